The third-order valence-electron chi connectivity index (χ3n) is 3.14. The predicted octanol–water partition coefficient (Wildman–Crippen LogP) is 1.19. The van der Waals surface area contributed by atoms with Crippen LogP contribution in [-0.2, 0) is 15.4 Å². The molecule has 1 aliphatic rings. The summed E-state index contributed by atoms with van der Waals surface area (Å²) in [7, 11) is -2.92. The second-order valence-electron chi connectivity index (χ2n) is 4.31. The second kappa shape index (κ2) is 3.82. The summed E-state index contributed by atoms with van der Waals surface area (Å²) in [6, 6.07) is 5.97. The molecule has 16 heavy (non-hydrogen) atoms. The van der Waals surface area contributed by atoms with E-state index < -0.39 is 15.4 Å². The molecule has 88 valence electrons. The van der Waals surface area contributed by atoms with Gasteiger partial charge in [-0.2, -0.15) is 0 Å². The maximum absolute atomic E-state index is 12.8. The molecule has 1 heterocycles. The van der Waals surface area contributed by atoms with E-state index in [1.165, 1.54) is 12.1 Å². The Labute approximate surface area is 94.4 Å². The van der Waals surface area contributed by atoms with Gasteiger partial charge >= 0.3 is 0 Å². The van der Waals surface area contributed by atoms with Crippen LogP contribution in [0.2, 0.25) is 0 Å². The maximum Gasteiger partial charge on any atom is 0.150 e. The largest absolute Gasteiger partial charge is 0.321 e. The van der Waals surface area contributed by atoms with Crippen LogP contribution in [0.5, 0.6) is 0 Å². The molecule has 1 aromatic carbocycles. The van der Waals surface area contributed by atoms with Crippen molar-refractivity contribution in [3.63, 3.8) is 0 Å². The highest BCUT2D eigenvalue weighted by atomic mass is 32.2. The lowest BCUT2D eigenvalue weighted by Gasteiger charge is -2.33. The van der Waals surface area contributed by atoms with Gasteiger partial charge in [0.2, 0.25) is 0 Å². The molecule has 0 bridgehead atoms. The fourth-order valence-electron chi connectivity index (χ4n) is 1.97. The first kappa shape index (κ1) is 11.5. The van der Waals surface area contributed by atoms with Crippen LogP contribution in [0, 0.1) is 5.82 Å². The summed E-state index contributed by atoms with van der Waals surface area (Å²) in [4.78, 5) is 0. The van der Waals surface area contributed by atoms with Gasteiger partial charge in [-0.3, -0.25) is 0 Å². The van der Waals surface area contributed by atoms with E-state index in [2.05, 4.69) is 0 Å². The molecule has 0 amide bonds. The third-order valence-corrected chi connectivity index (χ3v) is 4.79. The van der Waals surface area contributed by atoms with E-state index in [0.717, 1.165) is 5.56 Å². The molecular weight excluding hydrogens is 229 g/mol. The van der Waals surface area contributed by atoms with E-state index in [-0.39, 0.29) is 17.3 Å². The molecule has 1 aliphatic heterocycles. The molecular formula is C11H14FNO2S. The first-order valence-corrected chi connectivity index (χ1v) is 6.99. The van der Waals surface area contributed by atoms with Crippen LogP contribution in [0.1, 0.15) is 18.4 Å². The quantitative estimate of drug-likeness (QED) is 0.806. The Kier molecular flexibility index (Phi) is 2.75. The van der Waals surface area contributed by atoms with Crippen molar-refractivity contribution in [2.24, 2.45) is 5.73 Å². The minimum absolute atomic E-state index is 0.112. The average molecular weight is 243 g/mol. The van der Waals surface area contributed by atoms with E-state index in [4.69, 9.17) is 5.73 Å². The van der Waals surface area contributed by atoms with Crippen LogP contribution < -0.4 is 5.73 Å². The van der Waals surface area contributed by atoms with Crippen LogP contribution in [0.25, 0.3) is 0 Å². The van der Waals surface area contributed by atoms with Gasteiger partial charge in [0.15, 0.2) is 0 Å². The van der Waals surface area contributed by atoms with Crippen LogP contribution >= 0.6 is 0 Å². The van der Waals surface area contributed by atoms with Gasteiger partial charge in [0, 0.05) is 5.54 Å². The van der Waals surface area contributed by atoms with Crippen molar-refractivity contribution in [1.82, 2.24) is 0 Å². The van der Waals surface area contributed by atoms with Gasteiger partial charge in [0.1, 0.15) is 15.7 Å². The lowest BCUT2D eigenvalue weighted by atomic mass is 9.85. The number of hydrogen-bond donors (Lipinski definition) is 1. The van der Waals surface area contributed by atoms with Gasteiger partial charge in [0.25, 0.3) is 0 Å². The Morgan fingerprint density at radius 3 is 2.12 bits per heavy atom. The Balaban J connectivity index is 2.24. The molecule has 0 unspecified atom stereocenters. The Hall–Kier alpha value is -0.940. The standard InChI is InChI=1S/C11H14FNO2S/c12-10-3-1-9(2-4-10)11(13)5-7-16(14,15)8-6-11/h1-4H,5-8,13H2. The minimum Gasteiger partial charge on any atom is -0.321 e. The highest BCUT2D eigenvalue weighted by molar-refractivity contribution is 7.91. The molecule has 0 radical (unpaired) electrons. The molecule has 2 N–H and O–H groups in total. The summed E-state index contributed by atoms with van der Waals surface area (Å²) in [6.45, 7) is 0. The van der Waals surface area contributed by atoms with Gasteiger partial charge in [0.05, 0.1) is 11.5 Å². The van der Waals surface area contributed by atoms with E-state index >= 15 is 0 Å². The summed E-state index contributed by atoms with van der Waals surface area (Å²) in [5.41, 5.74) is 6.35. The van der Waals surface area contributed by atoms with Crippen molar-refractivity contribution >= 4 is 9.84 Å². The highest BCUT2D eigenvalue weighted by Crippen LogP contribution is 2.31. The third kappa shape index (κ3) is 2.25. The lowest BCUT2D eigenvalue weighted by molar-refractivity contribution is 0.395. The van der Waals surface area contributed by atoms with Crippen molar-refractivity contribution in [2.75, 3.05) is 11.5 Å². The van der Waals surface area contributed by atoms with Gasteiger partial charge in [-0.1, -0.05) is 12.1 Å². The van der Waals surface area contributed by atoms with Crippen molar-refractivity contribution in [3.05, 3.63) is 35.6 Å². The molecule has 1 saturated heterocycles. The van der Waals surface area contributed by atoms with E-state index in [1.807, 2.05) is 0 Å². The Bertz CT molecular complexity index is 467. The Morgan fingerprint density at radius 1 is 1.12 bits per heavy atom. The number of halogens is 1. The molecule has 5 heteroatoms. The summed E-state index contributed by atoms with van der Waals surface area (Å²) < 4.78 is 35.4. The fraction of sp³-hybridized carbons (Fsp3) is 0.455. The Morgan fingerprint density at radius 2 is 1.62 bits per heavy atom. The van der Waals surface area contributed by atoms with Crippen molar-refractivity contribution < 1.29 is 12.8 Å². The van der Waals surface area contributed by atoms with E-state index in [0.29, 0.717) is 12.8 Å². The number of benzene rings is 1. The van der Waals surface area contributed by atoms with Gasteiger partial charge < -0.3 is 5.73 Å². The topological polar surface area (TPSA) is 60.2 Å². The summed E-state index contributed by atoms with van der Waals surface area (Å²) in [6.07, 6.45) is 0.807. The summed E-state index contributed by atoms with van der Waals surface area (Å²) >= 11 is 0. The summed E-state index contributed by atoms with van der Waals surface area (Å²) in [5, 5.41) is 0. The zero-order chi connectivity index (χ0) is 11.8. The molecule has 0 saturated carbocycles. The van der Waals surface area contributed by atoms with E-state index in [9.17, 15) is 12.8 Å². The van der Waals surface area contributed by atoms with Crippen LogP contribution in [0.15, 0.2) is 24.3 Å². The monoisotopic (exact) mass is 243 g/mol. The van der Waals surface area contributed by atoms with Crippen molar-refractivity contribution in [2.45, 2.75) is 18.4 Å². The number of rotatable bonds is 1. The van der Waals surface area contributed by atoms with Crippen LogP contribution in [0.3, 0.4) is 0 Å². The SMILES string of the molecule is NC1(c2ccc(F)cc2)CCS(=O)(=O)CC1. The number of sulfone groups is 1. The van der Waals surface area contributed by atoms with Crippen molar-refractivity contribution in [3.8, 4) is 0 Å². The molecule has 0 aromatic heterocycles. The number of nitrogens with two attached hydrogens (primary N) is 1. The molecule has 0 aliphatic carbocycles. The normalized spacial score (nSPS) is 22.9. The lowest BCUT2D eigenvalue weighted by Crippen LogP contribution is -2.44. The van der Waals surface area contributed by atoms with Gasteiger partial charge in [-0.15, -0.1) is 0 Å². The minimum atomic E-state index is -2.92. The molecule has 0 atom stereocenters. The van der Waals surface area contributed by atoms with Gasteiger partial charge in [-0.25, -0.2) is 12.8 Å². The molecule has 0 spiro atoms. The molecule has 1 fully saturated rings. The number of hydrogen-bond acceptors (Lipinski definition) is 3. The average Bonchev–Trinajstić information content (AvgIpc) is 2.24. The highest BCUT2D eigenvalue weighted by Gasteiger charge is 2.35. The first-order chi connectivity index (χ1) is 7.41. The molecule has 3 nitrogen and oxygen atoms in total. The predicted molar refractivity (Wildman–Crippen MR) is 60.2 cm³/mol. The van der Waals surface area contributed by atoms with Gasteiger partial charge in [-0.05, 0) is 30.5 Å². The smallest absolute Gasteiger partial charge is 0.150 e. The van der Waals surface area contributed by atoms with Crippen molar-refractivity contribution in [1.29, 1.82) is 0 Å². The van der Waals surface area contributed by atoms with Crippen LogP contribution in [-0.4, -0.2) is 19.9 Å². The zero-order valence-corrected chi connectivity index (χ0v) is 9.63. The fourth-order valence-corrected chi connectivity index (χ4v) is 3.53. The maximum atomic E-state index is 12.8. The second-order valence-corrected chi connectivity index (χ2v) is 6.62. The van der Waals surface area contributed by atoms with Crippen LogP contribution in [0.4, 0.5) is 4.39 Å². The molecule has 1 aromatic rings. The zero-order valence-electron chi connectivity index (χ0n) is 8.82. The van der Waals surface area contributed by atoms with E-state index in [1.54, 1.807) is 12.1 Å². The first-order valence-electron chi connectivity index (χ1n) is 5.17. The summed E-state index contributed by atoms with van der Waals surface area (Å²) in [5.74, 6) is -0.0855. The molecule has 2 rings (SSSR count).